The molecule has 0 aliphatic rings. The Bertz CT molecular complexity index is 558. The van der Waals surface area contributed by atoms with Gasteiger partial charge in [0.15, 0.2) is 0 Å². The zero-order chi connectivity index (χ0) is 14.6. The SMILES string of the molecule is CC(CO)N(C)S(=O)(=O)Cc1cccc(C(N)=S)c1. The van der Waals surface area contributed by atoms with Crippen LogP contribution in [-0.2, 0) is 15.8 Å². The molecule has 0 amide bonds. The van der Waals surface area contributed by atoms with Gasteiger partial charge in [-0.1, -0.05) is 30.4 Å². The lowest BCUT2D eigenvalue weighted by molar-refractivity contribution is 0.213. The molecule has 0 saturated carbocycles. The van der Waals surface area contributed by atoms with Gasteiger partial charge in [0, 0.05) is 18.7 Å². The molecule has 1 rings (SSSR count). The highest BCUT2D eigenvalue weighted by atomic mass is 32.2. The van der Waals surface area contributed by atoms with Gasteiger partial charge in [-0.25, -0.2) is 8.42 Å². The van der Waals surface area contributed by atoms with Gasteiger partial charge < -0.3 is 10.8 Å². The molecule has 0 aromatic heterocycles. The van der Waals surface area contributed by atoms with Gasteiger partial charge in [0.2, 0.25) is 10.0 Å². The Labute approximate surface area is 119 Å². The molecule has 106 valence electrons. The van der Waals surface area contributed by atoms with E-state index >= 15 is 0 Å². The summed E-state index contributed by atoms with van der Waals surface area (Å²) < 4.78 is 25.4. The van der Waals surface area contributed by atoms with E-state index in [1.165, 1.54) is 11.4 Å². The Morgan fingerprint density at radius 2 is 2.16 bits per heavy atom. The van der Waals surface area contributed by atoms with Crippen LogP contribution in [0, 0.1) is 0 Å². The van der Waals surface area contributed by atoms with Crippen LogP contribution in [0.15, 0.2) is 24.3 Å². The van der Waals surface area contributed by atoms with E-state index < -0.39 is 16.1 Å². The number of aliphatic hydroxyl groups is 1. The average molecular weight is 302 g/mol. The average Bonchev–Trinajstić information content (AvgIpc) is 2.36. The van der Waals surface area contributed by atoms with Crippen LogP contribution in [-0.4, -0.2) is 42.5 Å². The third-order valence-corrected chi connectivity index (χ3v) is 5.06. The fraction of sp³-hybridized carbons (Fsp3) is 0.417. The molecule has 0 aliphatic carbocycles. The number of hydrogen-bond donors (Lipinski definition) is 2. The molecule has 0 heterocycles. The molecule has 1 unspecified atom stereocenters. The van der Waals surface area contributed by atoms with Crippen LogP contribution >= 0.6 is 12.2 Å². The molecule has 5 nitrogen and oxygen atoms in total. The van der Waals surface area contributed by atoms with E-state index in [2.05, 4.69) is 0 Å². The summed E-state index contributed by atoms with van der Waals surface area (Å²) in [5.74, 6) is -0.149. The number of sulfonamides is 1. The van der Waals surface area contributed by atoms with Crippen molar-refractivity contribution < 1.29 is 13.5 Å². The summed E-state index contributed by atoms with van der Waals surface area (Å²) >= 11 is 4.86. The van der Waals surface area contributed by atoms with Crippen molar-refractivity contribution in [2.24, 2.45) is 5.73 Å². The molecule has 1 aromatic rings. The van der Waals surface area contributed by atoms with Gasteiger partial charge in [-0.3, -0.25) is 0 Å². The molecule has 0 radical (unpaired) electrons. The second kappa shape index (κ2) is 6.42. The molecule has 0 spiro atoms. The Hall–Kier alpha value is -1.02. The van der Waals surface area contributed by atoms with E-state index in [1.54, 1.807) is 31.2 Å². The van der Waals surface area contributed by atoms with Gasteiger partial charge in [0.25, 0.3) is 0 Å². The molecular weight excluding hydrogens is 284 g/mol. The van der Waals surface area contributed by atoms with Gasteiger partial charge in [-0.15, -0.1) is 0 Å². The van der Waals surface area contributed by atoms with E-state index in [1.807, 2.05) is 0 Å². The van der Waals surface area contributed by atoms with Gasteiger partial charge >= 0.3 is 0 Å². The topological polar surface area (TPSA) is 83.6 Å². The zero-order valence-electron chi connectivity index (χ0n) is 10.9. The highest BCUT2D eigenvalue weighted by Crippen LogP contribution is 2.13. The van der Waals surface area contributed by atoms with Crippen LogP contribution in [0.5, 0.6) is 0 Å². The number of aliphatic hydroxyl groups excluding tert-OH is 1. The summed E-state index contributed by atoms with van der Waals surface area (Å²) in [7, 11) is -2.03. The minimum Gasteiger partial charge on any atom is -0.395 e. The van der Waals surface area contributed by atoms with E-state index in [4.69, 9.17) is 23.1 Å². The van der Waals surface area contributed by atoms with Crippen molar-refractivity contribution in [1.82, 2.24) is 4.31 Å². The summed E-state index contributed by atoms with van der Waals surface area (Å²) in [4.78, 5) is 0.233. The number of likely N-dealkylation sites (N-methyl/N-ethyl adjacent to an activating group) is 1. The molecule has 0 aliphatic heterocycles. The highest BCUT2D eigenvalue weighted by molar-refractivity contribution is 7.88. The summed E-state index contributed by atoms with van der Waals surface area (Å²) in [5.41, 5.74) is 6.77. The third-order valence-electron chi connectivity index (χ3n) is 2.88. The fourth-order valence-electron chi connectivity index (χ4n) is 1.52. The van der Waals surface area contributed by atoms with Crippen LogP contribution < -0.4 is 5.73 Å². The number of thiocarbonyl (C=S) groups is 1. The van der Waals surface area contributed by atoms with Gasteiger partial charge in [0.1, 0.15) is 4.99 Å². The lowest BCUT2D eigenvalue weighted by Gasteiger charge is -2.22. The minimum atomic E-state index is -3.48. The van der Waals surface area contributed by atoms with Crippen molar-refractivity contribution in [2.45, 2.75) is 18.7 Å². The lowest BCUT2D eigenvalue weighted by Crippen LogP contribution is -2.38. The summed E-state index contributed by atoms with van der Waals surface area (Å²) in [6.07, 6.45) is 0. The Morgan fingerprint density at radius 1 is 1.53 bits per heavy atom. The van der Waals surface area contributed by atoms with Crippen LogP contribution in [0.3, 0.4) is 0 Å². The molecule has 7 heteroatoms. The van der Waals surface area contributed by atoms with Crippen molar-refractivity contribution in [3.05, 3.63) is 35.4 Å². The van der Waals surface area contributed by atoms with Gasteiger partial charge in [-0.2, -0.15) is 4.31 Å². The first-order valence-electron chi connectivity index (χ1n) is 5.73. The smallest absolute Gasteiger partial charge is 0.218 e. The van der Waals surface area contributed by atoms with Crippen LogP contribution in [0.1, 0.15) is 18.1 Å². The number of nitrogens with zero attached hydrogens (tertiary/aromatic N) is 1. The molecule has 0 fully saturated rings. The Morgan fingerprint density at radius 3 is 2.68 bits per heavy atom. The molecule has 3 N–H and O–H groups in total. The van der Waals surface area contributed by atoms with Gasteiger partial charge in [-0.05, 0) is 18.6 Å². The van der Waals surface area contributed by atoms with E-state index in [0.29, 0.717) is 11.1 Å². The largest absolute Gasteiger partial charge is 0.395 e. The summed E-state index contributed by atoms with van der Waals surface area (Å²) in [6, 6.07) is 6.37. The minimum absolute atomic E-state index is 0.149. The van der Waals surface area contributed by atoms with Gasteiger partial charge in [0.05, 0.1) is 12.4 Å². The molecular formula is C12H18N2O3S2. The van der Waals surface area contributed by atoms with Crippen molar-refractivity contribution in [2.75, 3.05) is 13.7 Å². The predicted molar refractivity (Wildman–Crippen MR) is 79.3 cm³/mol. The van der Waals surface area contributed by atoms with E-state index in [9.17, 15) is 8.42 Å². The second-order valence-corrected chi connectivity index (χ2v) is 6.84. The van der Waals surface area contributed by atoms with Crippen LogP contribution in [0.2, 0.25) is 0 Å². The predicted octanol–water partition coefficient (Wildman–Crippen LogP) is 0.463. The number of rotatable bonds is 6. The summed E-state index contributed by atoms with van der Waals surface area (Å²) in [6.45, 7) is 1.42. The first-order chi connectivity index (χ1) is 8.77. The van der Waals surface area contributed by atoms with E-state index in [0.717, 1.165) is 0 Å². The van der Waals surface area contributed by atoms with E-state index in [-0.39, 0.29) is 17.3 Å². The second-order valence-electron chi connectivity index (χ2n) is 4.37. The molecule has 19 heavy (non-hydrogen) atoms. The van der Waals surface area contributed by atoms with Crippen LogP contribution in [0.25, 0.3) is 0 Å². The molecule has 1 aromatic carbocycles. The van der Waals surface area contributed by atoms with Crippen molar-refractivity contribution in [1.29, 1.82) is 0 Å². The number of hydrogen-bond acceptors (Lipinski definition) is 4. The Kier molecular flexibility index (Phi) is 5.42. The maximum absolute atomic E-state index is 12.1. The number of nitrogens with two attached hydrogens (primary N) is 1. The highest BCUT2D eigenvalue weighted by Gasteiger charge is 2.23. The number of benzene rings is 1. The van der Waals surface area contributed by atoms with Crippen molar-refractivity contribution in [3.63, 3.8) is 0 Å². The fourth-order valence-corrected chi connectivity index (χ4v) is 3.06. The van der Waals surface area contributed by atoms with Crippen molar-refractivity contribution in [3.8, 4) is 0 Å². The first-order valence-corrected chi connectivity index (χ1v) is 7.75. The maximum Gasteiger partial charge on any atom is 0.218 e. The lowest BCUT2D eigenvalue weighted by atomic mass is 10.1. The third kappa shape index (κ3) is 4.24. The maximum atomic E-state index is 12.1. The molecule has 0 bridgehead atoms. The zero-order valence-corrected chi connectivity index (χ0v) is 12.5. The Balaban J connectivity index is 2.95. The molecule has 1 atom stereocenters. The summed E-state index contributed by atoms with van der Waals surface area (Å²) in [5, 5.41) is 9.01. The quantitative estimate of drug-likeness (QED) is 0.746. The van der Waals surface area contributed by atoms with Crippen LogP contribution in [0.4, 0.5) is 0 Å². The first kappa shape index (κ1) is 16.0. The monoisotopic (exact) mass is 302 g/mol. The normalized spacial score (nSPS) is 13.5. The standard InChI is InChI=1S/C12H18N2O3S2/c1-9(7-15)14(2)19(16,17)8-10-4-3-5-11(6-10)12(13)18/h3-6,9,15H,7-8H2,1-2H3,(H2,13,18). The van der Waals surface area contributed by atoms with Crippen molar-refractivity contribution >= 4 is 27.2 Å². The molecule has 0 saturated heterocycles.